The highest BCUT2D eigenvalue weighted by molar-refractivity contribution is 5.98. The summed E-state index contributed by atoms with van der Waals surface area (Å²) in [5, 5.41) is 1.11. The van der Waals surface area contributed by atoms with Crippen LogP contribution in [0.5, 0.6) is 5.75 Å². The summed E-state index contributed by atoms with van der Waals surface area (Å²) < 4.78 is 5.32. The first-order valence-corrected chi connectivity index (χ1v) is 6.92. The van der Waals surface area contributed by atoms with E-state index in [4.69, 9.17) is 10.5 Å². The van der Waals surface area contributed by atoms with E-state index in [1.165, 1.54) is 0 Å². The van der Waals surface area contributed by atoms with Crippen LogP contribution in [0, 0.1) is 0 Å². The third-order valence-corrected chi connectivity index (χ3v) is 3.76. The van der Waals surface area contributed by atoms with E-state index in [0.29, 0.717) is 5.82 Å². The minimum Gasteiger partial charge on any atom is -0.497 e. The van der Waals surface area contributed by atoms with Crippen LogP contribution in [-0.4, -0.2) is 22.1 Å². The number of nitrogens with one attached hydrogen (secondary N) is 1. The normalized spacial score (nSPS) is 11.1. The Balaban J connectivity index is 1.92. The lowest BCUT2D eigenvalue weighted by Gasteiger charge is -2.04. The molecular weight excluding hydrogens is 276 g/mol. The van der Waals surface area contributed by atoms with Crippen LogP contribution in [0.1, 0.15) is 0 Å². The molecule has 0 aliphatic carbocycles. The molecule has 5 heteroatoms. The average Bonchev–Trinajstić information content (AvgIpc) is 2.97. The monoisotopic (exact) mass is 290 g/mol. The first-order chi connectivity index (χ1) is 10.7. The predicted molar refractivity (Wildman–Crippen MR) is 87.8 cm³/mol. The summed E-state index contributed by atoms with van der Waals surface area (Å²) >= 11 is 0. The number of hydrogen-bond acceptors (Lipinski definition) is 4. The molecule has 2 aromatic heterocycles. The Morgan fingerprint density at radius 3 is 2.86 bits per heavy atom. The van der Waals surface area contributed by atoms with Crippen LogP contribution in [0.3, 0.4) is 0 Å². The van der Waals surface area contributed by atoms with Crippen LogP contribution in [0.4, 0.5) is 5.82 Å². The highest BCUT2D eigenvalue weighted by Crippen LogP contribution is 2.32. The summed E-state index contributed by atoms with van der Waals surface area (Å²) in [6.07, 6.45) is 3.57. The molecule has 4 aromatic rings. The maximum absolute atomic E-state index is 5.67. The summed E-state index contributed by atoms with van der Waals surface area (Å²) in [7, 11) is 1.67. The largest absolute Gasteiger partial charge is 0.497 e. The molecule has 0 fully saturated rings. The number of rotatable bonds is 2. The van der Waals surface area contributed by atoms with Crippen molar-refractivity contribution < 1.29 is 4.74 Å². The lowest BCUT2D eigenvalue weighted by atomic mass is 10.0. The molecule has 2 heterocycles. The lowest BCUT2D eigenvalue weighted by Crippen LogP contribution is -1.92. The van der Waals surface area contributed by atoms with Gasteiger partial charge in [-0.15, -0.1) is 0 Å². The Morgan fingerprint density at radius 2 is 2.00 bits per heavy atom. The quantitative estimate of drug-likeness (QED) is 0.593. The van der Waals surface area contributed by atoms with Crippen molar-refractivity contribution in [1.29, 1.82) is 0 Å². The molecule has 0 amide bonds. The molecule has 22 heavy (non-hydrogen) atoms. The minimum atomic E-state index is 0.428. The smallest absolute Gasteiger partial charge is 0.142 e. The molecule has 0 radical (unpaired) electrons. The first-order valence-electron chi connectivity index (χ1n) is 6.92. The van der Waals surface area contributed by atoms with E-state index in [1.54, 1.807) is 13.3 Å². The minimum absolute atomic E-state index is 0.428. The second kappa shape index (κ2) is 4.73. The molecular formula is C17H14N4O. The van der Waals surface area contributed by atoms with Crippen molar-refractivity contribution in [2.24, 2.45) is 0 Å². The van der Waals surface area contributed by atoms with Gasteiger partial charge in [-0.25, -0.2) is 4.98 Å². The summed E-state index contributed by atoms with van der Waals surface area (Å²) in [4.78, 5) is 11.9. The van der Waals surface area contributed by atoms with Gasteiger partial charge >= 0.3 is 0 Å². The maximum Gasteiger partial charge on any atom is 0.142 e. The summed E-state index contributed by atoms with van der Waals surface area (Å²) in [6.45, 7) is 0. The molecule has 2 aromatic carbocycles. The van der Waals surface area contributed by atoms with Crippen molar-refractivity contribution in [3.63, 3.8) is 0 Å². The molecule has 0 saturated carbocycles. The number of nitrogen functional groups attached to an aromatic ring is 1. The molecule has 0 unspecified atom stereocenters. The lowest BCUT2D eigenvalue weighted by molar-refractivity contribution is 0.415. The van der Waals surface area contributed by atoms with Gasteiger partial charge in [-0.1, -0.05) is 6.07 Å². The number of aromatic amines is 1. The van der Waals surface area contributed by atoms with E-state index in [2.05, 4.69) is 15.0 Å². The van der Waals surface area contributed by atoms with Crippen LogP contribution in [-0.2, 0) is 0 Å². The zero-order valence-corrected chi connectivity index (χ0v) is 12.0. The fraction of sp³-hybridized carbons (Fsp3) is 0.0588. The number of benzene rings is 2. The van der Waals surface area contributed by atoms with Crippen molar-refractivity contribution in [3.05, 3.63) is 48.8 Å². The topological polar surface area (TPSA) is 76.8 Å². The number of hydrogen-bond donors (Lipinski definition) is 2. The predicted octanol–water partition coefficient (Wildman–Crippen LogP) is 3.37. The van der Waals surface area contributed by atoms with Crippen LogP contribution in [0.25, 0.3) is 33.1 Å². The third kappa shape index (κ3) is 1.95. The van der Waals surface area contributed by atoms with Crippen LogP contribution in [0.2, 0.25) is 0 Å². The van der Waals surface area contributed by atoms with Crippen molar-refractivity contribution in [3.8, 4) is 16.9 Å². The van der Waals surface area contributed by atoms with Gasteiger partial charge in [0, 0.05) is 22.7 Å². The molecule has 0 saturated heterocycles. The summed E-state index contributed by atoms with van der Waals surface area (Å²) in [5.74, 6) is 1.26. The molecule has 0 aliphatic rings. The van der Waals surface area contributed by atoms with E-state index in [1.807, 2.05) is 42.6 Å². The van der Waals surface area contributed by atoms with E-state index >= 15 is 0 Å². The van der Waals surface area contributed by atoms with Crippen molar-refractivity contribution in [2.45, 2.75) is 0 Å². The highest BCUT2D eigenvalue weighted by atomic mass is 16.5. The van der Waals surface area contributed by atoms with Gasteiger partial charge in [-0.05, 0) is 35.9 Å². The van der Waals surface area contributed by atoms with Crippen LogP contribution < -0.4 is 10.5 Å². The number of H-pyrrole nitrogens is 1. The highest BCUT2D eigenvalue weighted by Gasteiger charge is 2.09. The zero-order chi connectivity index (χ0) is 15.1. The average molecular weight is 290 g/mol. The summed E-state index contributed by atoms with van der Waals surface area (Å²) in [6, 6.07) is 12.0. The Hall–Kier alpha value is -3.08. The van der Waals surface area contributed by atoms with E-state index < -0.39 is 0 Å². The number of fused-ring (bicyclic) bond motifs is 2. The van der Waals surface area contributed by atoms with Crippen LogP contribution >= 0.6 is 0 Å². The maximum atomic E-state index is 5.67. The first kappa shape index (κ1) is 12.6. The number of methoxy groups -OCH3 is 1. The Kier molecular flexibility index (Phi) is 2.72. The molecule has 0 atom stereocenters. The molecule has 4 rings (SSSR count). The Morgan fingerprint density at radius 1 is 1.09 bits per heavy atom. The second-order valence-corrected chi connectivity index (χ2v) is 5.11. The molecule has 108 valence electrons. The summed E-state index contributed by atoms with van der Waals surface area (Å²) in [5.41, 5.74) is 10.5. The molecule has 0 spiro atoms. The van der Waals surface area contributed by atoms with Gasteiger partial charge in [0.2, 0.25) is 0 Å². The van der Waals surface area contributed by atoms with Gasteiger partial charge in [-0.2, -0.15) is 0 Å². The molecule has 0 bridgehead atoms. The standard InChI is InChI=1S/C17H14N4O/c1-22-11-3-5-14-12(7-11)13(8-19-14)10-2-4-15-16(6-10)20-9-17(18)21-15/h2-9,19H,1H3,(H2,18,21). The number of aromatic nitrogens is 3. The number of ether oxygens (including phenoxy) is 1. The molecule has 3 N–H and O–H groups in total. The van der Waals surface area contributed by atoms with Gasteiger partial charge in [-0.3, -0.25) is 4.98 Å². The Labute approximate surface area is 126 Å². The van der Waals surface area contributed by atoms with Gasteiger partial charge < -0.3 is 15.5 Å². The number of nitrogens with two attached hydrogens (primary N) is 1. The third-order valence-electron chi connectivity index (χ3n) is 3.76. The second-order valence-electron chi connectivity index (χ2n) is 5.11. The van der Waals surface area contributed by atoms with Gasteiger partial charge in [0.15, 0.2) is 0 Å². The van der Waals surface area contributed by atoms with Crippen molar-refractivity contribution in [1.82, 2.24) is 15.0 Å². The van der Waals surface area contributed by atoms with Crippen molar-refractivity contribution in [2.75, 3.05) is 12.8 Å². The molecule has 5 nitrogen and oxygen atoms in total. The fourth-order valence-corrected chi connectivity index (χ4v) is 2.66. The van der Waals surface area contributed by atoms with E-state index in [-0.39, 0.29) is 0 Å². The Bertz CT molecular complexity index is 990. The van der Waals surface area contributed by atoms with E-state index in [0.717, 1.165) is 38.8 Å². The van der Waals surface area contributed by atoms with Gasteiger partial charge in [0.25, 0.3) is 0 Å². The van der Waals surface area contributed by atoms with Crippen LogP contribution in [0.15, 0.2) is 48.8 Å². The number of nitrogens with zero attached hydrogens (tertiary/aromatic N) is 2. The van der Waals surface area contributed by atoms with Crippen molar-refractivity contribution >= 4 is 27.8 Å². The fourth-order valence-electron chi connectivity index (χ4n) is 2.66. The molecule has 0 aliphatic heterocycles. The SMILES string of the molecule is COc1ccc2[nH]cc(-c3ccc4nc(N)cnc4c3)c2c1. The van der Waals surface area contributed by atoms with Gasteiger partial charge in [0.1, 0.15) is 11.6 Å². The van der Waals surface area contributed by atoms with E-state index in [9.17, 15) is 0 Å². The van der Waals surface area contributed by atoms with Gasteiger partial charge in [0.05, 0.1) is 24.3 Å². The zero-order valence-electron chi connectivity index (χ0n) is 12.0. The number of anilines is 1.